The van der Waals surface area contributed by atoms with Gasteiger partial charge in [-0.25, -0.2) is 0 Å². The number of likely N-dealkylation sites (tertiary alicyclic amines) is 1. The topological polar surface area (TPSA) is 72.6 Å². The Morgan fingerprint density at radius 3 is 2.33 bits per heavy atom. The summed E-state index contributed by atoms with van der Waals surface area (Å²) in [6.07, 6.45) is 2.25. The van der Waals surface area contributed by atoms with Crippen LogP contribution in [-0.2, 0) is 22.4 Å². The Labute approximate surface area is 195 Å². The van der Waals surface area contributed by atoms with Crippen LogP contribution in [0.3, 0.4) is 0 Å². The number of methoxy groups -OCH3 is 1. The number of rotatable bonds is 8. The number of aryl methyl sites for hydroxylation is 1. The molecule has 4 rings (SSSR count). The third kappa shape index (κ3) is 5.08. The molecule has 1 atom stereocenters. The number of nitrogens with zero attached hydrogens (tertiary/aromatic N) is 1. The Balaban J connectivity index is 1.43. The van der Waals surface area contributed by atoms with E-state index in [0.29, 0.717) is 38.8 Å². The minimum Gasteiger partial charge on any atom is -0.496 e. The molecule has 2 amide bonds. The van der Waals surface area contributed by atoms with Crippen LogP contribution in [0, 0.1) is 5.41 Å². The Bertz CT molecular complexity index is 1110. The molecular weight excluding hydrogens is 412 g/mol. The van der Waals surface area contributed by atoms with Crippen molar-refractivity contribution < 1.29 is 14.3 Å². The van der Waals surface area contributed by atoms with E-state index in [1.807, 2.05) is 78.9 Å². The van der Waals surface area contributed by atoms with Crippen molar-refractivity contribution in [1.29, 1.82) is 0 Å². The second kappa shape index (κ2) is 9.90. The van der Waals surface area contributed by atoms with Crippen molar-refractivity contribution in [3.63, 3.8) is 0 Å². The second-order valence-electron chi connectivity index (χ2n) is 8.77. The number of benzene rings is 3. The molecule has 0 aliphatic carbocycles. The average Bonchev–Trinajstić information content (AvgIpc) is 3.29. The maximum absolute atomic E-state index is 12.8. The van der Waals surface area contributed by atoms with E-state index in [4.69, 9.17) is 10.5 Å². The summed E-state index contributed by atoms with van der Waals surface area (Å²) in [6, 6.07) is 26.0. The van der Waals surface area contributed by atoms with Gasteiger partial charge >= 0.3 is 0 Å². The summed E-state index contributed by atoms with van der Waals surface area (Å²) in [5.74, 6) is 0.558. The van der Waals surface area contributed by atoms with Crippen molar-refractivity contribution in [1.82, 2.24) is 4.90 Å². The smallest absolute Gasteiger partial charge is 0.225 e. The maximum Gasteiger partial charge on any atom is 0.225 e. The lowest BCUT2D eigenvalue weighted by Crippen LogP contribution is -2.42. The molecule has 0 saturated carbocycles. The molecule has 33 heavy (non-hydrogen) atoms. The van der Waals surface area contributed by atoms with Gasteiger partial charge in [0.2, 0.25) is 11.8 Å². The van der Waals surface area contributed by atoms with Crippen molar-refractivity contribution in [3.8, 4) is 16.9 Å². The Hall–Kier alpha value is -3.60. The molecule has 0 radical (unpaired) electrons. The van der Waals surface area contributed by atoms with Crippen molar-refractivity contribution >= 4 is 11.8 Å². The molecule has 1 heterocycles. The predicted octanol–water partition coefficient (Wildman–Crippen LogP) is 4.24. The maximum atomic E-state index is 12.8. The zero-order chi connectivity index (χ0) is 23.3. The van der Waals surface area contributed by atoms with E-state index in [2.05, 4.69) is 0 Å². The van der Waals surface area contributed by atoms with Crippen molar-refractivity contribution in [2.24, 2.45) is 11.1 Å². The summed E-state index contributed by atoms with van der Waals surface area (Å²) in [6.45, 7) is 0.945. The highest BCUT2D eigenvalue weighted by atomic mass is 16.5. The molecule has 0 spiro atoms. The van der Waals surface area contributed by atoms with Gasteiger partial charge in [0.25, 0.3) is 0 Å². The minimum absolute atomic E-state index is 0.0773. The molecule has 2 N–H and O–H groups in total. The Kier molecular flexibility index (Phi) is 6.78. The molecule has 1 saturated heterocycles. The third-order valence-electron chi connectivity index (χ3n) is 6.61. The monoisotopic (exact) mass is 442 g/mol. The van der Waals surface area contributed by atoms with Gasteiger partial charge in [-0.2, -0.15) is 0 Å². The zero-order valence-electron chi connectivity index (χ0n) is 19.0. The zero-order valence-corrected chi connectivity index (χ0v) is 19.0. The lowest BCUT2D eigenvalue weighted by atomic mass is 9.80. The summed E-state index contributed by atoms with van der Waals surface area (Å²) in [4.78, 5) is 27.1. The highest BCUT2D eigenvalue weighted by Gasteiger charge is 2.44. The van der Waals surface area contributed by atoms with E-state index in [-0.39, 0.29) is 11.8 Å². The lowest BCUT2D eigenvalue weighted by molar-refractivity contribution is -0.132. The first-order chi connectivity index (χ1) is 16.0. The van der Waals surface area contributed by atoms with E-state index in [1.165, 1.54) is 0 Å². The number of primary amides is 1. The standard InChI is InChI=1S/C28H30N2O3/c1-33-25-10-6-5-9-24(25)23-14-11-22(12-15-23)19-28(27(29)32)17-18-30(20-28)26(31)16-13-21-7-3-2-4-8-21/h2-12,14-15H,13,16-20H2,1H3,(H2,29,32). The fourth-order valence-electron chi connectivity index (χ4n) is 4.65. The van der Waals surface area contributed by atoms with E-state index < -0.39 is 5.41 Å². The number of ether oxygens (including phenoxy) is 1. The van der Waals surface area contributed by atoms with Gasteiger partial charge in [0.05, 0.1) is 12.5 Å². The van der Waals surface area contributed by atoms with Crippen LogP contribution in [0.15, 0.2) is 78.9 Å². The SMILES string of the molecule is COc1ccccc1-c1ccc(CC2(C(N)=O)CCN(C(=O)CCc3ccccc3)C2)cc1. The molecule has 1 aliphatic rings. The largest absolute Gasteiger partial charge is 0.496 e. The first-order valence-electron chi connectivity index (χ1n) is 11.3. The van der Waals surface area contributed by atoms with Gasteiger partial charge in [0.15, 0.2) is 0 Å². The molecule has 1 aliphatic heterocycles. The highest BCUT2D eigenvalue weighted by Crippen LogP contribution is 2.36. The van der Waals surface area contributed by atoms with Gasteiger partial charge in [-0.1, -0.05) is 72.8 Å². The number of para-hydroxylation sites is 1. The first kappa shape index (κ1) is 22.6. The average molecular weight is 443 g/mol. The van der Waals surface area contributed by atoms with Gasteiger partial charge in [-0.3, -0.25) is 9.59 Å². The quantitative estimate of drug-likeness (QED) is 0.567. The van der Waals surface area contributed by atoms with Gasteiger partial charge < -0.3 is 15.4 Å². The first-order valence-corrected chi connectivity index (χ1v) is 11.3. The van der Waals surface area contributed by atoms with Gasteiger partial charge in [0, 0.05) is 25.1 Å². The predicted molar refractivity (Wildman–Crippen MR) is 130 cm³/mol. The van der Waals surface area contributed by atoms with Crippen LogP contribution in [0.1, 0.15) is 24.0 Å². The molecule has 1 fully saturated rings. The van der Waals surface area contributed by atoms with E-state index >= 15 is 0 Å². The van der Waals surface area contributed by atoms with Crippen LogP contribution in [-0.4, -0.2) is 36.9 Å². The minimum atomic E-state index is -0.728. The Morgan fingerprint density at radius 2 is 1.64 bits per heavy atom. The van der Waals surface area contributed by atoms with Crippen LogP contribution in [0.25, 0.3) is 11.1 Å². The van der Waals surface area contributed by atoms with Gasteiger partial charge in [0.1, 0.15) is 5.75 Å². The summed E-state index contributed by atoms with van der Waals surface area (Å²) < 4.78 is 5.47. The van der Waals surface area contributed by atoms with Crippen molar-refractivity contribution in [3.05, 3.63) is 90.0 Å². The summed E-state index contributed by atoms with van der Waals surface area (Å²) in [5, 5.41) is 0. The molecule has 1 unspecified atom stereocenters. The van der Waals surface area contributed by atoms with E-state index in [1.54, 1.807) is 12.0 Å². The molecule has 3 aromatic rings. The third-order valence-corrected chi connectivity index (χ3v) is 6.61. The number of carbonyl (C=O) groups is 2. The molecular formula is C28H30N2O3. The molecule has 0 aromatic heterocycles. The number of nitrogens with two attached hydrogens (primary N) is 1. The molecule has 170 valence electrons. The summed E-state index contributed by atoms with van der Waals surface area (Å²) in [7, 11) is 1.66. The number of hydrogen-bond acceptors (Lipinski definition) is 3. The number of hydrogen-bond donors (Lipinski definition) is 1. The Morgan fingerprint density at radius 1 is 0.939 bits per heavy atom. The lowest BCUT2D eigenvalue weighted by Gasteiger charge is -2.26. The van der Waals surface area contributed by atoms with Crippen LogP contribution in [0.2, 0.25) is 0 Å². The van der Waals surface area contributed by atoms with Crippen LogP contribution < -0.4 is 10.5 Å². The molecule has 3 aromatic carbocycles. The summed E-state index contributed by atoms with van der Waals surface area (Å²) >= 11 is 0. The van der Waals surface area contributed by atoms with Crippen LogP contribution in [0.5, 0.6) is 5.75 Å². The van der Waals surface area contributed by atoms with E-state index in [9.17, 15) is 9.59 Å². The molecule has 5 nitrogen and oxygen atoms in total. The summed E-state index contributed by atoms with van der Waals surface area (Å²) in [5.41, 5.74) is 9.39. The van der Waals surface area contributed by atoms with E-state index in [0.717, 1.165) is 28.0 Å². The van der Waals surface area contributed by atoms with Gasteiger partial charge in [-0.15, -0.1) is 0 Å². The van der Waals surface area contributed by atoms with Crippen LogP contribution >= 0.6 is 0 Å². The van der Waals surface area contributed by atoms with Crippen LogP contribution in [0.4, 0.5) is 0 Å². The molecule has 0 bridgehead atoms. The number of carbonyl (C=O) groups excluding carboxylic acids is 2. The fourth-order valence-corrected chi connectivity index (χ4v) is 4.65. The highest BCUT2D eigenvalue weighted by molar-refractivity contribution is 5.84. The number of amides is 2. The fraction of sp³-hybridized carbons (Fsp3) is 0.286. The molecule has 5 heteroatoms. The second-order valence-corrected chi connectivity index (χ2v) is 8.77. The van der Waals surface area contributed by atoms with Crippen molar-refractivity contribution in [2.75, 3.05) is 20.2 Å². The van der Waals surface area contributed by atoms with Crippen molar-refractivity contribution in [2.45, 2.75) is 25.7 Å². The van der Waals surface area contributed by atoms with Gasteiger partial charge in [-0.05, 0) is 42.0 Å². The normalized spacial score (nSPS) is 17.7.